The Balaban J connectivity index is 1.87. The number of halogens is 1. The van der Waals surface area contributed by atoms with E-state index in [0.717, 1.165) is 36.3 Å². The number of unbranched alkanes of at least 4 members (excludes halogenated alkanes) is 2. The van der Waals surface area contributed by atoms with Crippen molar-refractivity contribution in [1.29, 1.82) is 0 Å². The van der Waals surface area contributed by atoms with Gasteiger partial charge in [0.2, 0.25) is 0 Å². The summed E-state index contributed by atoms with van der Waals surface area (Å²) in [5.74, 6) is -0.0761. The quantitative estimate of drug-likeness (QED) is 0.132. The third-order valence-electron chi connectivity index (χ3n) is 7.73. The minimum atomic E-state index is -0.695. The monoisotopic (exact) mass is 518 g/mol. The molecule has 1 N–H and O–H groups in total. The summed E-state index contributed by atoms with van der Waals surface area (Å²) in [6.07, 6.45) is 16.0. The largest absolute Gasteiger partial charge is 0.462 e. The van der Waals surface area contributed by atoms with E-state index in [2.05, 4.69) is 20.1 Å². The van der Waals surface area contributed by atoms with Crippen molar-refractivity contribution < 1.29 is 28.6 Å². The maximum absolute atomic E-state index is 15.0. The predicted molar refractivity (Wildman–Crippen MR) is 145 cm³/mol. The fraction of sp³-hybridized carbons (Fsp3) is 0.677. The minimum Gasteiger partial charge on any atom is -0.462 e. The van der Waals surface area contributed by atoms with E-state index in [4.69, 9.17) is 14.6 Å². The summed E-state index contributed by atoms with van der Waals surface area (Å²) in [7, 11) is 0. The highest BCUT2D eigenvalue weighted by molar-refractivity contribution is 5.88. The number of aliphatic hydroxyl groups is 1. The zero-order valence-electron chi connectivity index (χ0n) is 23.0. The summed E-state index contributed by atoms with van der Waals surface area (Å²) >= 11 is 0. The van der Waals surface area contributed by atoms with Crippen molar-refractivity contribution in [3.05, 3.63) is 47.4 Å². The van der Waals surface area contributed by atoms with Gasteiger partial charge in [-0.2, -0.15) is 0 Å². The molecule has 1 fully saturated rings. The third kappa shape index (κ3) is 11.4. The molecule has 0 aromatic carbocycles. The van der Waals surface area contributed by atoms with Crippen LogP contribution >= 0.6 is 0 Å². The summed E-state index contributed by atoms with van der Waals surface area (Å²) in [5, 5.41) is 9.07. The molecule has 1 atom stereocenters. The molecule has 1 saturated carbocycles. The third-order valence-corrected chi connectivity index (χ3v) is 7.73. The lowest BCUT2D eigenvalue weighted by atomic mass is 9.77. The first-order chi connectivity index (χ1) is 17.7. The van der Waals surface area contributed by atoms with Crippen LogP contribution in [0, 0.1) is 17.8 Å². The molecular formula is C31H47FO5. The molecule has 0 aromatic rings. The topological polar surface area (TPSA) is 72.8 Å². The number of rotatable bonds is 16. The van der Waals surface area contributed by atoms with Crippen LogP contribution in [0.25, 0.3) is 0 Å². The molecule has 0 heterocycles. The number of aliphatic hydroxyl groups excluding tert-OH is 1. The van der Waals surface area contributed by atoms with Crippen LogP contribution in [0.5, 0.6) is 0 Å². The summed E-state index contributed by atoms with van der Waals surface area (Å²) in [6, 6.07) is 0. The molecule has 2 rings (SSSR count). The highest BCUT2D eigenvalue weighted by Crippen LogP contribution is 2.37. The maximum Gasteiger partial charge on any atom is 0.335 e. The summed E-state index contributed by atoms with van der Waals surface area (Å²) in [4.78, 5) is 23.8. The second kappa shape index (κ2) is 16.6. The second-order valence-corrected chi connectivity index (χ2v) is 11.0. The summed E-state index contributed by atoms with van der Waals surface area (Å²) < 4.78 is 25.5. The molecule has 2 aliphatic carbocycles. The van der Waals surface area contributed by atoms with Gasteiger partial charge in [-0.15, -0.1) is 0 Å². The van der Waals surface area contributed by atoms with E-state index >= 15 is 4.39 Å². The Morgan fingerprint density at radius 3 is 2.22 bits per heavy atom. The van der Waals surface area contributed by atoms with Crippen LogP contribution < -0.4 is 0 Å². The number of esters is 2. The predicted octanol–water partition coefficient (Wildman–Crippen LogP) is 7.31. The highest BCUT2D eigenvalue weighted by Gasteiger charge is 2.24. The van der Waals surface area contributed by atoms with Gasteiger partial charge < -0.3 is 14.6 Å². The molecule has 0 spiro atoms. The molecule has 0 bridgehead atoms. The zero-order chi connectivity index (χ0) is 27.2. The number of carbonyl (C=O) groups excluding carboxylic acids is 2. The van der Waals surface area contributed by atoms with Crippen molar-refractivity contribution in [2.45, 2.75) is 97.3 Å². The Morgan fingerprint density at radius 2 is 1.65 bits per heavy atom. The van der Waals surface area contributed by atoms with Gasteiger partial charge in [0, 0.05) is 11.5 Å². The van der Waals surface area contributed by atoms with E-state index in [-0.39, 0.29) is 36.1 Å². The van der Waals surface area contributed by atoms with E-state index < -0.39 is 18.5 Å². The second-order valence-electron chi connectivity index (χ2n) is 11.0. The molecule has 0 radical (unpaired) electrons. The van der Waals surface area contributed by atoms with Crippen molar-refractivity contribution in [2.24, 2.45) is 17.8 Å². The maximum atomic E-state index is 15.0. The van der Waals surface area contributed by atoms with Crippen molar-refractivity contribution in [1.82, 2.24) is 0 Å². The molecule has 0 saturated heterocycles. The number of carbonyl (C=O) groups is 2. The van der Waals surface area contributed by atoms with Gasteiger partial charge in [0.1, 0.15) is 5.83 Å². The lowest BCUT2D eigenvalue weighted by Crippen LogP contribution is -2.23. The SMILES string of the molecule is C=C(C)C(=O)OCC(COC(=O)C(=C)CO)CC1=CC(F)=C(CCC2CCC(CCCCC)CC2)CC1. The zero-order valence-corrected chi connectivity index (χ0v) is 23.0. The Labute approximate surface area is 222 Å². The van der Waals surface area contributed by atoms with Crippen LogP contribution in [0.15, 0.2) is 47.4 Å². The highest BCUT2D eigenvalue weighted by atomic mass is 19.1. The molecule has 0 amide bonds. The van der Waals surface area contributed by atoms with Crippen molar-refractivity contribution in [3.63, 3.8) is 0 Å². The Morgan fingerprint density at radius 1 is 1.03 bits per heavy atom. The van der Waals surface area contributed by atoms with Gasteiger partial charge in [0.05, 0.1) is 25.4 Å². The molecule has 0 aliphatic heterocycles. The average Bonchev–Trinajstić information content (AvgIpc) is 2.89. The molecule has 37 heavy (non-hydrogen) atoms. The molecule has 0 aromatic heterocycles. The van der Waals surface area contributed by atoms with Crippen LogP contribution in [-0.4, -0.2) is 36.9 Å². The molecule has 1 unspecified atom stereocenters. The van der Waals surface area contributed by atoms with Gasteiger partial charge in [-0.05, 0) is 62.5 Å². The first kappa shape index (κ1) is 31.0. The van der Waals surface area contributed by atoms with Gasteiger partial charge in [0.25, 0.3) is 0 Å². The summed E-state index contributed by atoms with van der Waals surface area (Å²) in [6.45, 7) is 10.4. The molecular weight excluding hydrogens is 471 g/mol. The van der Waals surface area contributed by atoms with Crippen LogP contribution in [-0.2, 0) is 19.1 Å². The van der Waals surface area contributed by atoms with Gasteiger partial charge in [-0.3, -0.25) is 0 Å². The molecule has 208 valence electrons. The van der Waals surface area contributed by atoms with E-state index in [1.807, 2.05) is 0 Å². The first-order valence-corrected chi connectivity index (χ1v) is 14.1. The Hall–Kier alpha value is -2.21. The molecule has 6 heteroatoms. The molecule has 2 aliphatic rings. The summed E-state index contributed by atoms with van der Waals surface area (Å²) in [5.41, 5.74) is 2.06. The van der Waals surface area contributed by atoms with Gasteiger partial charge in [0.15, 0.2) is 0 Å². The van der Waals surface area contributed by atoms with Crippen molar-refractivity contribution in [2.75, 3.05) is 19.8 Å². The van der Waals surface area contributed by atoms with E-state index in [9.17, 15) is 9.59 Å². The normalized spacial score (nSPS) is 20.7. The van der Waals surface area contributed by atoms with Crippen LogP contribution in [0.2, 0.25) is 0 Å². The van der Waals surface area contributed by atoms with Crippen molar-refractivity contribution >= 4 is 11.9 Å². The van der Waals surface area contributed by atoms with Crippen LogP contribution in [0.3, 0.4) is 0 Å². The molecule has 5 nitrogen and oxygen atoms in total. The number of allylic oxidation sites excluding steroid dienone is 4. The lowest BCUT2D eigenvalue weighted by molar-refractivity contribution is -0.144. The van der Waals surface area contributed by atoms with Gasteiger partial charge in [-0.1, -0.05) is 77.0 Å². The Kier molecular flexibility index (Phi) is 13.9. The number of hydrogen-bond donors (Lipinski definition) is 1. The average molecular weight is 519 g/mol. The smallest absolute Gasteiger partial charge is 0.335 e. The standard InChI is InChI=1S/C31H47FO5/c1-5-6-7-8-24-9-11-25(12-10-24)13-15-28-16-14-26(18-29(28)32)17-27(20-36-30(34)22(2)3)21-37-31(35)23(4)19-33/h18,24-25,27,33H,2,4-17,19-21H2,1,3H3. The minimum absolute atomic E-state index is 0.0159. The Bertz CT molecular complexity index is 848. The van der Waals surface area contributed by atoms with Crippen LogP contribution in [0.4, 0.5) is 4.39 Å². The first-order valence-electron chi connectivity index (χ1n) is 14.1. The number of ether oxygens (including phenoxy) is 2. The van der Waals surface area contributed by atoms with E-state index in [1.165, 1.54) is 51.4 Å². The van der Waals surface area contributed by atoms with Gasteiger partial charge >= 0.3 is 11.9 Å². The van der Waals surface area contributed by atoms with Crippen LogP contribution in [0.1, 0.15) is 97.3 Å². The van der Waals surface area contributed by atoms with Gasteiger partial charge in [-0.25, -0.2) is 14.0 Å². The lowest BCUT2D eigenvalue weighted by Gasteiger charge is -2.29. The van der Waals surface area contributed by atoms with E-state index in [0.29, 0.717) is 18.8 Å². The fourth-order valence-electron chi connectivity index (χ4n) is 5.27. The van der Waals surface area contributed by atoms with E-state index in [1.54, 1.807) is 13.0 Å². The van der Waals surface area contributed by atoms with Crippen molar-refractivity contribution in [3.8, 4) is 0 Å². The fourth-order valence-corrected chi connectivity index (χ4v) is 5.27. The number of hydrogen-bond acceptors (Lipinski definition) is 5.